The van der Waals surface area contributed by atoms with Crippen molar-refractivity contribution in [2.24, 2.45) is 0 Å². The molecule has 0 aliphatic carbocycles. The maximum Gasteiger partial charge on any atom is 0.414 e. The van der Waals surface area contributed by atoms with Gasteiger partial charge in [0.05, 0.1) is 24.5 Å². The van der Waals surface area contributed by atoms with Crippen LogP contribution in [-0.4, -0.2) is 50.8 Å². The van der Waals surface area contributed by atoms with E-state index in [1.807, 2.05) is 0 Å². The van der Waals surface area contributed by atoms with Gasteiger partial charge < -0.3 is 19.7 Å². The standard InChI is InChI=1S/C16H19N3O5/c1-3-14(20)17-7-11-8-19(16(22)24-11)10-4-5-12-13(6-10)23-9-15(21)18(12)2/h4-6,11H,3,7-9H2,1-2H3,(H,17,20)/t11-/m0/s1. The highest BCUT2D eigenvalue weighted by Gasteiger charge is 2.33. The molecule has 8 heteroatoms. The van der Waals surface area contributed by atoms with Gasteiger partial charge in [-0.3, -0.25) is 14.5 Å². The van der Waals surface area contributed by atoms with Crippen LogP contribution in [0, 0.1) is 0 Å². The number of likely N-dealkylation sites (N-methyl/N-ethyl adjacent to an activating group) is 1. The average Bonchev–Trinajstić information content (AvgIpc) is 2.96. The van der Waals surface area contributed by atoms with Crippen molar-refractivity contribution in [2.45, 2.75) is 19.4 Å². The minimum Gasteiger partial charge on any atom is -0.481 e. The van der Waals surface area contributed by atoms with Crippen molar-refractivity contribution in [3.63, 3.8) is 0 Å². The summed E-state index contributed by atoms with van der Waals surface area (Å²) in [5.74, 6) is 0.340. The van der Waals surface area contributed by atoms with E-state index in [-0.39, 0.29) is 25.0 Å². The summed E-state index contributed by atoms with van der Waals surface area (Å²) in [6, 6.07) is 5.19. The lowest BCUT2D eigenvalue weighted by atomic mass is 10.2. The van der Waals surface area contributed by atoms with Crippen LogP contribution in [0.3, 0.4) is 0 Å². The summed E-state index contributed by atoms with van der Waals surface area (Å²) >= 11 is 0. The zero-order valence-electron chi connectivity index (χ0n) is 13.6. The molecule has 0 aromatic heterocycles. The number of nitrogens with zero attached hydrogens (tertiary/aromatic N) is 2. The first kappa shape index (κ1) is 16.1. The first-order valence-electron chi connectivity index (χ1n) is 7.78. The van der Waals surface area contributed by atoms with E-state index in [1.165, 1.54) is 9.80 Å². The Morgan fingerprint density at radius 3 is 2.92 bits per heavy atom. The van der Waals surface area contributed by atoms with Crippen molar-refractivity contribution in [3.05, 3.63) is 18.2 Å². The van der Waals surface area contributed by atoms with Gasteiger partial charge in [-0.25, -0.2) is 4.79 Å². The second-order valence-electron chi connectivity index (χ2n) is 5.67. The molecule has 24 heavy (non-hydrogen) atoms. The molecule has 1 saturated heterocycles. The number of rotatable bonds is 4. The van der Waals surface area contributed by atoms with Gasteiger partial charge in [-0.05, 0) is 12.1 Å². The molecule has 2 aliphatic heterocycles. The summed E-state index contributed by atoms with van der Waals surface area (Å²) in [6.45, 7) is 2.37. The number of ether oxygens (including phenoxy) is 2. The molecular weight excluding hydrogens is 314 g/mol. The van der Waals surface area contributed by atoms with Crippen molar-refractivity contribution in [2.75, 3.05) is 36.5 Å². The number of carbonyl (C=O) groups is 3. The Hall–Kier alpha value is -2.77. The normalized spacial score (nSPS) is 19.7. The maximum atomic E-state index is 12.1. The molecular formula is C16H19N3O5. The van der Waals surface area contributed by atoms with Gasteiger partial charge in [0.2, 0.25) is 5.91 Å². The van der Waals surface area contributed by atoms with Crippen LogP contribution < -0.4 is 19.9 Å². The summed E-state index contributed by atoms with van der Waals surface area (Å²) in [4.78, 5) is 38.0. The van der Waals surface area contributed by atoms with Crippen LogP contribution >= 0.6 is 0 Å². The van der Waals surface area contributed by atoms with Crippen molar-refractivity contribution in [1.82, 2.24) is 5.32 Å². The molecule has 0 saturated carbocycles. The molecule has 8 nitrogen and oxygen atoms in total. The largest absolute Gasteiger partial charge is 0.481 e. The van der Waals surface area contributed by atoms with Crippen molar-refractivity contribution >= 4 is 29.3 Å². The number of fused-ring (bicyclic) bond motifs is 1. The molecule has 1 fully saturated rings. The van der Waals surface area contributed by atoms with Crippen LogP contribution in [0.25, 0.3) is 0 Å². The van der Waals surface area contributed by atoms with Gasteiger partial charge in [-0.2, -0.15) is 0 Å². The number of amides is 3. The van der Waals surface area contributed by atoms with E-state index in [0.29, 0.717) is 30.1 Å². The highest BCUT2D eigenvalue weighted by atomic mass is 16.6. The van der Waals surface area contributed by atoms with E-state index in [1.54, 1.807) is 32.2 Å². The molecule has 1 aromatic rings. The lowest BCUT2D eigenvalue weighted by Gasteiger charge is -2.27. The van der Waals surface area contributed by atoms with Crippen LogP contribution in [0.4, 0.5) is 16.2 Å². The molecule has 1 N–H and O–H groups in total. The summed E-state index contributed by atoms with van der Waals surface area (Å²) in [5.41, 5.74) is 1.29. The van der Waals surface area contributed by atoms with Crippen LogP contribution in [0.2, 0.25) is 0 Å². The fourth-order valence-electron chi connectivity index (χ4n) is 2.63. The number of carbonyl (C=O) groups excluding carboxylic acids is 3. The van der Waals surface area contributed by atoms with Gasteiger partial charge in [0.25, 0.3) is 5.91 Å². The molecule has 3 amide bonds. The van der Waals surface area contributed by atoms with Gasteiger partial charge in [-0.15, -0.1) is 0 Å². The Kier molecular flexibility index (Phi) is 4.28. The van der Waals surface area contributed by atoms with Gasteiger partial charge >= 0.3 is 6.09 Å². The van der Waals surface area contributed by atoms with Crippen molar-refractivity contribution in [1.29, 1.82) is 0 Å². The monoisotopic (exact) mass is 333 g/mol. The maximum absolute atomic E-state index is 12.1. The Labute approximate surface area is 139 Å². The number of benzene rings is 1. The molecule has 1 atom stereocenters. The lowest BCUT2D eigenvalue weighted by Crippen LogP contribution is -2.36. The van der Waals surface area contributed by atoms with E-state index in [0.717, 1.165) is 0 Å². The molecule has 3 rings (SSSR count). The Bertz CT molecular complexity index is 690. The van der Waals surface area contributed by atoms with E-state index < -0.39 is 12.2 Å². The van der Waals surface area contributed by atoms with Crippen molar-refractivity contribution in [3.8, 4) is 5.75 Å². The van der Waals surface area contributed by atoms with Gasteiger partial charge in [-0.1, -0.05) is 6.92 Å². The third-order valence-electron chi connectivity index (χ3n) is 4.06. The smallest absolute Gasteiger partial charge is 0.414 e. The predicted octanol–water partition coefficient (Wildman–Crippen LogP) is 0.893. The number of cyclic esters (lactones) is 1. The molecule has 2 heterocycles. The summed E-state index contributed by atoms with van der Waals surface area (Å²) in [5, 5.41) is 2.72. The Morgan fingerprint density at radius 1 is 1.38 bits per heavy atom. The summed E-state index contributed by atoms with van der Waals surface area (Å²) < 4.78 is 10.7. The zero-order chi connectivity index (χ0) is 17.3. The van der Waals surface area contributed by atoms with E-state index in [4.69, 9.17) is 9.47 Å². The molecule has 0 spiro atoms. The van der Waals surface area contributed by atoms with Crippen LogP contribution in [0.5, 0.6) is 5.75 Å². The number of hydrogen-bond donors (Lipinski definition) is 1. The Balaban J connectivity index is 1.72. The van der Waals surface area contributed by atoms with Gasteiger partial charge in [0, 0.05) is 19.5 Å². The Morgan fingerprint density at radius 2 is 2.17 bits per heavy atom. The minimum absolute atomic E-state index is 0.0247. The van der Waals surface area contributed by atoms with Crippen LogP contribution in [-0.2, 0) is 14.3 Å². The van der Waals surface area contributed by atoms with Gasteiger partial charge in [0.15, 0.2) is 6.61 Å². The summed E-state index contributed by atoms with van der Waals surface area (Å²) in [6.07, 6.45) is -0.473. The molecule has 0 bridgehead atoms. The third kappa shape index (κ3) is 2.99. The summed E-state index contributed by atoms with van der Waals surface area (Å²) in [7, 11) is 1.68. The first-order valence-corrected chi connectivity index (χ1v) is 7.78. The van der Waals surface area contributed by atoms with Gasteiger partial charge in [0.1, 0.15) is 11.9 Å². The molecule has 0 radical (unpaired) electrons. The number of hydrogen-bond acceptors (Lipinski definition) is 5. The van der Waals surface area contributed by atoms with Crippen LogP contribution in [0.15, 0.2) is 18.2 Å². The molecule has 0 unspecified atom stereocenters. The second kappa shape index (κ2) is 6.38. The lowest BCUT2D eigenvalue weighted by molar-refractivity contribution is -0.121. The fourth-order valence-corrected chi connectivity index (χ4v) is 2.63. The van der Waals surface area contributed by atoms with E-state index >= 15 is 0 Å². The van der Waals surface area contributed by atoms with Crippen LogP contribution in [0.1, 0.15) is 13.3 Å². The first-order chi connectivity index (χ1) is 11.5. The van der Waals surface area contributed by atoms with E-state index in [9.17, 15) is 14.4 Å². The second-order valence-corrected chi connectivity index (χ2v) is 5.67. The van der Waals surface area contributed by atoms with E-state index in [2.05, 4.69) is 5.32 Å². The molecule has 2 aliphatic rings. The van der Waals surface area contributed by atoms with Crippen molar-refractivity contribution < 1.29 is 23.9 Å². The highest BCUT2D eigenvalue weighted by Crippen LogP contribution is 2.35. The fraction of sp³-hybridized carbons (Fsp3) is 0.438. The number of nitrogens with one attached hydrogen (secondary N) is 1. The topological polar surface area (TPSA) is 88.2 Å². The molecule has 1 aromatic carbocycles. The third-order valence-corrected chi connectivity index (χ3v) is 4.06. The zero-order valence-corrected chi connectivity index (χ0v) is 13.6. The minimum atomic E-state index is -0.467. The highest BCUT2D eigenvalue weighted by molar-refractivity contribution is 5.98. The SMILES string of the molecule is CCC(=O)NC[C@H]1CN(c2ccc3c(c2)OCC(=O)N3C)C(=O)O1. The quantitative estimate of drug-likeness (QED) is 0.884. The average molecular weight is 333 g/mol. The number of anilines is 2. The molecule has 128 valence electrons. The predicted molar refractivity (Wildman–Crippen MR) is 86.3 cm³/mol.